The van der Waals surface area contributed by atoms with Crippen molar-refractivity contribution in [3.8, 4) is 0 Å². The molecule has 5 nitrogen and oxygen atoms in total. The third-order valence-electron chi connectivity index (χ3n) is 4.73. The van der Waals surface area contributed by atoms with Gasteiger partial charge in [0.15, 0.2) is 5.96 Å². The number of guanidine groups is 1. The summed E-state index contributed by atoms with van der Waals surface area (Å²) in [5.74, 6) is 1.34. The summed E-state index contributed by atoms with van der Waals surface area (Å²) in [6, 6.07) is 0.382. The summed E-state index contributed by atoms with van der Waals surface area (Å²) in [5.41, 5.74) is 6.16. The standard InChI is InChI=1S/C17H36N4O/c1-14(2)7-6-8-15(3)20-16(18)19-13-17(21(4)5)9-11-22-12-10-17/h14-15H,6-13H2,1-5H3,(H3,18,19,20). The minimum Gasteiger partial charge on any atom is -0.381 e. The van der Waals surface area contributed by atoms with Gasteiger partial charge in [-0.05, 0) is 46.2 Å². The van der Waals surface area contributed by atoms with Gasteiger partial charge in [-0.1, -0.05) is 26.7 Å². The van der Waals surface area contributed by atoms with Crippen molar-refractivity contribution in [3.05, 3.63) is 0 Å². The summed E-state index contributed by atoms with van der Waals surface area (Å²) in [7, 11) is 4.25. The number of nitrogens with two attached hydrogens (primary N) is 1. The van der Waals surface area contributed by atoms with Crippen molar-refractivity contribution >= 4 is 5.96 Å². The van der Waals surface area contributed by atoms with Gasteiger partial charge >= 0.3 is 0 Å². The molecule has 5 heteroatoms. The summed E-state index contributed by atoms with van der Waals surface area (Å²) in [4.78, 5) is 6.89. The Labute approximate surface area is 136 Å². The molecule has 0 amide bonds. The highest BCUT2D eigenvalue weighted by Crippen LogP contribution is 2.26. The Morgan fingerprint density at radius 1 is 1.23 bits per heavy atom. The van der Waals surface area contributed by atoms with E-state index in [1.165, 1.54) is 12.8 Å². The van der Waals surface area contributed by atoms with Gasteiger partial charge in [0.1, 0.15) is 0 Å². The maximum Gasteiger partial charge on any atom is 0.188 e. The van der Waals surface area contributed by atoms with E-state index in [4.69, 9.17) is 10.5 Å². The second-order valence-electron chi connectivity index (χ2n) is 7.30. The molecule has 1 aliphatic rings. The van der Waals surface area contributed by atoms with Crippen LogP contribution in [-0.4, -0.2) is 56.3 Å². The van der Waals surface area contributed by atoms with E-state index < -0.39 is 0 Å². The molecule has 1 fully saturated rings. The Morgan fingerprint density at radius 2 is 1.86 bits per heavy atom. The summed E-state index contributed by atoms with van der Waals surface area (Å²) in [5, 5.41) is 3.33. The summed E-state index contributed by atoms with van der Waals surface area (Å²) in [6.07, 6.45) is 5.67. The molecule has 0 aliphatic carbocycles. The highest BCUT2D eigenvalue weighted by molar-refractivity contribution is 5.78. The first-order chi connectivity index (χ1) is 10.4. The lowest BCUT2D eigenvalue weighted by molar-refractivity contribution is -0.00253. The maximum absolute atomic E-state index is 6.07. The van der Waals surface area contributed by atoms with Crippen LogP contribution < -0.4 is 11.1 Å². The van der Waals surface area contributed by atoms with Gasteiger partial charge in [0.25, 0.3) is 0 Å². The van der Waals surface area contributed by atoms with Gasteiger partial charge in [-0.25, -0.2) is 0 Å². The van der Waals surface area contributed by atoms with Crippen molar-refractivity contribution in [1.82, 2.24) is 10.2 Å². The van der Waals surface area contributed by atoms with Crippen LogP contribution in [0.25, 0.3) is 0 Å². The Kier molecular flexibility index (Phi) is 8.18. The average Bonchev–Trinajstić information content (AvgIpc) is 2.45. The largest absolute Gasteiger partial charge is 0.381 e. The molecule has 1 aliphatic heterocycles. The molecule has 0 radical (unpaired) electrons. The van der Waals surface area contributed by atoms with Crippen LogP contribution in [0.4, 0.5) is 0 Å². The molecule has 0 spiro atoms. The van der Waals surface area contributed by atoms with Gasteiger partial charge in [-0.15, -0.1) is 0 Å². The molecule has 0 aromatic heterocycles. The van der Waals surface area contributed by atoms with Crippen LogP contribution in [0, 0.1) is 5.92 Å². The fraction of sp³-hybridized carbons (Fsp3) is 0.941. The van der Waals surface area contributed by atoms with Crippen molar-refractivity contribution in [3.63, 3.8) is 0 Å². The molecule has 0 aromatic carbocycles. The van der Waals surface area contributed by atoms with Crippen LogP contribution in [0.15, 0.2) is 4.99 Å². The second kappa shape index (κ2) is 9.36. The van der Waals surface area contributed by atoms with E-state index in [1.807, 2.05) is 0 Å². The fourth-order valence-corrected chi connectivity index (χ4v) is 2.93. The third kappa shape index (κ3) is 6.53. The van der Waals surface area contributed by atoms with Gasteiger partial charge in [0.05, 0.1) is 6.54 Å². The lowest BCUT2D eigenvalue weighted by Gasteiger charge is -2.41. The first-order valence-corrected chi connectivity index (χ1v) is 8.67. The van der Waals surface area contributed by atoms with E-state index in [0.29, 0.717) is 12.0 Å². The quantitative estimate of drug-likeness (QED) is 0.533. The van der Waals surface area contributed by atoms with Gasteiger partial charge in [-0.3, -0.25) is 4.99 Å². The van der Waals surface area contributed by atoms with Crippen LogP contribution in [0.5, 0.6) is 0 Å². The fourth-order valence-electron chi connectivity index (χ4n) is 2.93. The molecule has 22 heavy (non-hydrogen) atoms. The van der Waals surface area contributed by atoms with E-state index in [0.717, 1.165) is 44.9 Å². The topological polar surface area (TPSA) is 62.9 Å². The van der Waals surface area contributed by atoms with Gasteiger partial charge in [-0.2, -0.15) is 0 Å². The van der Waals surface area contributed by atoms with Gasteiger partial charge in [0.2, 0.25) is 0 Å². The van der Waals surface area contributed by atoms with Crippen molar-refractivity contribution in [2.24, 2.45) is 16.6 Å². The highest BCUT2D eigenvalue weighted by Gasteiger charge is 2.34. The number of nitrogens with zero attached hydrogens (tertiary/aromatic N) is 2. The van der Waals surface area contributed by atoms with Gasteiger partial charge in [0, 0.05) is 24.8 Å². The van der Waals surface area contributed by atoms with Gasteiger partial charge < -0.3 is 20.7 Å². The lowest BCUT2D eigenvalue weighted by Crippen LogP contribution is -2.51. The maximum atomic E-state index is 6.07. The molecule has 130 valence electrons. The molecule has 1 unspecified atom stereocenters. The Bertz CT molecular complexity index is 336. The predicted molar refractivity (Wildman–Crippen MR) is 94.2 cm³/mol. The van der Waals surface area contributed by atoms with Crippen LogP contribution in [0.3, 0.4) is 0 Å². The highest BCUT2D eigenvalue weighted by atomic mass is 16.5. The molecule has 0 bridgehead atoms. The number of hydrogen-bond acceptors (Lipinski definition) is 3. The van der Waals surface area contributed by atoms with Crippen LogP contribution in [0.2, 0.25) is 0 Å². The van der Waals surface area contributed by atoms with E-state index in [1.54, 1.807) is 0 Å². The van der Waals surface area contributed by atoms with Crippen molar-refractivity contribution in [2.45, 2.75) is 64.5 Å². The van der Waals surface area contributed by atoms with Crippen molar-refractivity contribution < 1.29 is 4.74 Å². The number of hydrogen-bond donors (Lipinski definition) is 2. The number of nitrogens with one attached hydrogen (secondary N) is 1. The molecular formula is C17H36N4O. The third-order valence-corrected chi connectivity index (χ3v) is 4.73. The van der Waals surface area contributed by atoms with Crippen molar-refractivity contribution in [2.75, 3.05) is 33.9 Å². The molecule has 3 N–H and O–H groups in total. The number of likely N-dealkylation sites (N-methyl/N-ethyl adjacent to an activating group) is 1. The van der Waals surface area contributed by atoms with Crippen LogP contribution in [-0.2, 0) is 4.74 Å². The molecule has 1 heterocycles. The first kappa shape index (κ1) is 19.2. The molecule has 0 saturated carbocycles. The SMILES string of the molecule is CC(C)CCCC(C)NC(N)=NCC1(N(C)C)CCOCC1. The smallest absolute Gasteiger partial charge is 0.188 e. The van der Waals surface area contributed by atoms with E-state index in [-0.39, 0.29) is 5.54 Å². The number of ether oxygens (including phenoxy) is 1. The zero-order chi connectivity index (χ0) is 16.6. The Morgan fingerprint density at radius 3 is 2.41 bits per heavy atom. The number of aliphatic imine (C=N–C) groups is 1. The predicted octanol–water partition coefficient (Wildman–Crippen LogP) is 2.22. The minimum atomic E-state index is 0.0887. The molecule has 0 aromatic rings. The van der Waals surface area contributed by atoms with E-state index in [2.05, 4.69) is 50.1 Å². The molecule has 1 saturated heterocycles. The second-order valence-corrected chi connectivity index (χ2v) is 7.30. The zero-order valence-electron chi connectivity index (χ0n) is 15.2. The normalized spacial score (nSPS) is 20.4. The van der Waals surface area contributed by atoms with Crippen LogP contribution >= 0.6 is 0 Å². The minimum absolute atomic E-state index is 0.0887. The molecule has 1 rings (SSSR count). The average molecular weight is 313 g/mol. The van der Waals surface area contributed by atoms with Crippen LogP contribution in [0.1, 0.15) is 52.9 Å². The lowest BCUT2D eigenvalue weighted by atomic mass is 9.89. The first-order valence-electron chi connectivity index (χ1n) is 8.67. The van der Waals surface area contributed by atoms with E-state index in [9.17, 15) is 0 Å². The molecular weight excluding hydrogens is 276 g/mol. The van der Waals surface area contributed by atoms with Crippen molar-refractivity contribution in [1.29, 1.82) is 0 Å². The Hall–Kier alpha value is -0.810. The zero-order valence-corrected chi connectivity index (χ0v) is 15.2. The number of rotatable bonds is 8. The summed E-state index contributed by atoms with van der Waals surface area (Å²) < 4.78 is 5.49. The monoisotopic (exact) mass is 312 g/mol. The molecule has 1 atom stereocenters. The summed E-state index contributed by atoms with van der Waals surface area (Å²) in [6.45, 7) is 9.07. The Balaban J connectivity index is 2.42. The van der Waals surface area contributed by atoms with E-state index >= 15 is 0 Å². The summed E-state index contributed by atoms with van der Waals surface area (Å²) >= 11 is 0.